The van der Waals surface area contributed by atoms with Gasteiger partial charge in [0, 0.05) is 0 Å². The molecule has 1 aromatic carbocycles. The first-order valence-electron chi connectivity index (χ1n) is 7.54. The van der Waals surface area contributed by atoms with E-state index < -0.39 is 5.54 Å². The third kappa shape index (κ3) is 4.36. The second kappa shape index (κ2) is 7.31. The van der Waals surface area contributed by atoms with Crippen LogP contribution in [0.1, 0.15) is 38.5 Å². The van der Waals surface area contributed by atoms with E-state index in [1.54, 1.807) is 12.1 Å². The van der Waals surface area contributed by atoms with Gasteiger partial charge in [-0.15, -0.1) is 0 Å². The minimum absolute atomic E-state index is 0.00519. The minimum Gasteiger partial charge on any atom is -0.491 e. The lowest BCUT2D eigenvalue weighted by Gasteiger charge is -2.36. The average Bonchev–Trinajstić information content (AvgIpc) is 2.50. The maximum Gasteiger partial charge on any atom is 0.223 e. The Labute approximate surface area is 125 Å². The number of para-hydroxylation sites is 2. The number of rotatable bonds is 6. The van der Waals surface area contributed by atoms with Crippen LogP contribution in [0.4, 0.5) is 5.69 Å². The van der Waals surface area contributed by atoms with E-state index in [9.17, 15) is 9.90 Å². The molecule has 0 bridgehead atoms. The fourth-order valence-corrected chi connectivity index (χ4v) is 2.78. The molecule has 1 saturated carbocycles. The van der Waals surface area contributed by atoms with Crippen molar-refractivity contribution in [2.75, 3.05) is 18.9 Å². The van der Waals surface area contributed by atoms with Gasteiger partial charge in [-0.2, -0.15) is 0 Å². The highest BCUT2D eigenvalue weighted by molar-refractivity contribution is 5.77. The number of ether oxygens (including phenoxy) is 1. The Bertz CT molecular complexity index is 470. The molecule has 1 aliphatic carbocycles. The van der Waals surface area contributed by atoms with Crippen LogP contribution < -0.4 is 15.8 Å². The van der Waals surface area contributed by atoms with Crippen LogP contribution in [-0.2, 0) is 4.79 Å². The highest BCUT2D eigenvalue weighted by atomic mass is 16.5. The highest BCUT2D eigenvalue weighted by Gasteiger charge is 2.32. The lowest BCUT2D eigenvalue weighted by Crippen LogP contribution is -2.52. The average molecular weight is 292 g/mol. The number of hydrogen-bond acceptors (Lipinski definition) is 4. The van der Waals surface area contributed by atoms with Crippen molar-refractivity contribution in [1.29, 1.82) is 0 Å². The van der Waals surface area contributed by atoms with E-state index in [0.29, 0.717) is 11.4 Å². The summed E-state index contributed by atoms with van der Waals surface area (Å²) in [6.45, 7) is 0.285. The third-order valence-corrected chi connectivity index (χ3v) is 4.02. The molecule has 0 radical (unpaired) electrons. The Hall–Kier alpha value is -1.75. The predicted molar refractivity (Wildman–Crippen MR) is 82.0 cm³/mol. The number of anilines is 1. The number of nitrogens with two attached hydrogens (primary N) is 1. The molecule has 0 aromatic heterocycles. The first-order chi connectivity index (χ1) is 10.2. The van der Waals surface area contributed by atoms with Crippen molar-refractivity contribution in [3.8, 4) is 5.75 Å². The number of nitrogens with one attached hydrogen (secondary N) is 1. The first-order valence-corrected chi connectivity index (χ1v) is 7.54. The van der Waals surface area contributed by atoms with Crippen molar-refractivity contribution in [2.24, 2.45) is 0 Å². The van der Waals surface area contributed by atoms with Crippen molar-refractivity contribution < 1.29 is 14.6 Å². The van der Waals surface area contributed by atoms with Crippen LogP contribution in [0.15, 0.2) is 24.3 Å². The Morgan fingerprint density at radius 2 is 2.00 bits per heavy atom. The topological polar surface area (TPSA) is 84.6 Å². The largest absolute Gasteiger partial charge is 0.491 e. The summed E-state index contributed by atoms with van der Waals surface area (Å²) >= 11 is 0. The van der Waals surface area contributed by atoms with Crippen LogP contribution in [0, 0.1) is 0 Å². The van der Waals surface area contributed by atoms with Crippen LogP contribution in [0.2, 0.25) is 0 Å². The van der Waals surface area contributed by atoms with Gasteiger partial charge in [0.05, 0.1) is 30.9 Å². The number of amides is 1. The molecule has 116 valence electrons. The Kier molecular flexibility index (Phi) is 5.44. The summed E-state index contributed by atoms with van der Waals surface area (Å²) in [6.07, 6.45) is 5.24. The fourth-order valence-electron chi connectivity index (χ4n) is 2.78. The molecule has 1 aromatic rings. The summed E-state index contributed by atoms with van der Waals surface area (Å²) < 4.78 is 5.51. The summed E-state index contributed by atoms with van der Waals surface area (Å²) in [7, 11) is 0. The van der Waals surface area contributed by atoms with Crippen molar-refractivity contribution >= 4 is 11.6 Å². The van der Waals surface area contributed by atoms with E-state index in [2.05, 4.69) is 5.32 Å². The molecule has 1 aliphatic rings. The van der Waals surface area contributed by atoms with E-state index in [1.807, 2.05) is 12.1 Å². The van der Waals surface area contributed by atoms with Gasteiger partial charge in [-0.25, -0.2) is 0 Å². The molecule has 5 heteroatoms. The second-order valence-electron chi connectivity index (χ2n) is 5.68. The maximum atomic E-state index is 12.0. The molecule has 1 fully saturated rings. The van der Waals surface area contributed by atoms with E-state index in [-0.39, 0.29) is 25.5 Å². The first kappa shape index (κ1) is 15.6. The van der Waals surface area contributed by atoms with Gasteiger partial charge < -0.3 is 20.9 Å². The normalized spacial score (nSPS) is 17.2. The predicted octanol–water partition coefficient (Wildman–Crippen LogP) is 1.85. The highest BCUT2D eigenvalue weighted by Crippen LogP contribution is 2.27. The molecule has 0 spiro atoms. The van der Waals surface area contributed by atoms with E-state index in [0.717, 1.165) is 25.7 Å². The maximum absolute atomic E-state index is 12.0. The van der Waals surface area contributed by atoms with Crippen LogP contribution >= 0.6 is 0 Å². The smallest absolute Gasteiger partial charge is 0.223 e. The van der Waals surface area contributed by atoms with Gasteiger partial charge in [0.25, 0.3) is 0 Å². The molecule has 0 aliphatic heterocycles. The molecule has 0 unspecified atom stereocenters. The van der Waals surface area contributed by atoms with Gasteiger partial charge in [0.1, 0.15) is 5.75 Å². The van der Waals surface area contributed by atoms with Gasteiger partial charge in [0.15, 0.2) is 0 Å². The lowest BCUT2D eigenvalue weighted by atomic mass is 9.82. The summed E-state index contributed by atoms with van der Waals surface area (Å²) in [5.41, 5.74) is 5.91. The Balaban J connectivity index is 1.78. The van der Waals surface area contributed by atoms with E-state index in [4.69, 9.17) is 10.5 Å². The molecular formula is C16H24N2O3. The van der Waals surface area contributed by atoms with Gasteiger partial charge >= 0.3 is 0 Å². The van der Waals surface area contributed by atoms with Gasteiger partial charge in [-0.3, -0.25) is 4.79 Å². The standard InChI is InChI=1S/C16H24N2O3/c17-13-6-2-3-7-14(13)21-11-8-15(20)18-16(12-19)9-4-1-5-10-16/h2-3,6-7,19H,1,4-5,8-12,17H2,(H,18,20). The molecule has 21 heavy (non-hydrogen) atoms. The molecule has 0 heterocycles. The number of carbonyl (C=O) groups is 1. The quantitative estimate of drug-likeness (QED) is 0.699. The third-order valence-electron chi connectivity index (χ3n) is 4.02. The Morgan fingerprint density at radius 1 is 1.29 bits per heavy atom. The molecule has 1 amide bonds. The number of carbonyl (C=O) groups excluding carboxylic acids is 1. The van der Waals surface area contributed by atoms with Crippen molar-refractivity contribution in [1.82, 2.24) is 5.32 Å². The summed E-state index contributed by atoms with van der Waals surface area (Å²) in [4.78, 5) is 12.0. The zero-order chi connectivity index (χ0) is 15.1. The van der Waals surface area contributed by atoms with Crippen LogP contribution in [-0.4, -0.2) is 29.8 Å². The van der Waals surface area contributed by atoms with E-state index >= 15 is 0 Å². The number of benzene rings is 1. The van der Waals surface area contributed by atoms with Crippen molar-refractivity contribution in [3.05, 3.63) is 24.3 Å². The van der Waals surface area contributed by atoms with Gasteiger partial charge in [-0.05, 0) is 25.0 Å². The van der Waals surface area contributed by atoms with Gasteiger partial charge in [0.2, 0.25) is 5.91 Å². The summed E-state index contributed by atoms with van der Waals surface area (Å²) in [5, 5.41) is 12.6. The monoisotopic (exact) mass is 292 g/mol. The van der Waals surface area contributed by atoms with Crippen LogP contribution in [0.5, 0.6) is 5.75 Å². The number of aliphatic hydroxyl groups is 1. The number of nitrogen functional groups attached to an aromatic ring is 1. The molecule has 4 N–H and O–H groups in total. The molecular weight excluding hydrogens is 268 g/mol. The minimum atomic E-state index is -0.429. The number of hydrogen-bond donors (Lipinski definition) is 3. The van der Waals surface area contributed by atoms with Crippen molar-refractivity contribution in [3.63, 3.8) is 0 Å². The number of aliphatic hydroxyl groups excluding tert-OH is 1. The van der Waals surface area contributed by atoms with Crippen molar-refractivity contribution in [2.45, 2.75) is 44.1 Å². The molecule has 5 nitrogen and oxygen atoms in total. The zero-order valence-corrected chi connectivity index (χ0v) is 12.3. The lowest BCUT2D eigenvalue weighted by molar-refractivity contribution is -0.124. The van der Waals surface area contributed by atoms with E-state index in [1.165, 1.54) is 6.42 Å². The molecule has 2 rings (SSSR count). The van der Waals surface area contributed by atoms with Gasteiger partial charge in [-0.1, -0.05) is 31.4 Å². The Morgan fingerprint density at radius 3 is 2.67 bits per heavy atom. The van der Waals surface area contributed by atoms with Crippen LogP contribution in [0.3, 0.4) is 0 Å². The van der Waals surface area contributed by atoms with Crippen LogP contribution in [0.25, 0.3) is 0 Å². The zero-order valence-electron chi connectivity index (χ0n) is 12.3. The molecule has 0 saturated heterocycles. The second-order valence-corrected chi connectivity index (χ2v) is 5.68. The summed E-state index contributed by atoms with van der Waals surface area (Å²) in [5.74, 6) is 0.514. The molecule has 0 atom stereocenters. The SMILES string of the molecule is Nc1ccccc1OCCC(=O)NC1(CO)CCCCC1. The summed E-state index contributed by atoms with van der Waals surface area (Å²) in [6, 6.07) is 7.22. The fraction of sp³-hybridized carbons (Fsp3) is 0.562.